The summed E-state index contributed by atoms with van der Waals surface area (Å²) in [4.78, 5) is 13.8. The first kappa shape index (κ1) is 14.5. The van der Waals surface area contributed by atoms with Crippen LogP contribution in [-0.4, -0.2) is 49.7 Å². The lowest BCUT2D eigenvalue weighted by Crippen LogP contribution is -2.47. The Bertz CT molecular complexity index is 238. The fraction of sp³-hybridized carbons (Fsp3) is 0.923. The molecule has 0 bridgehead atoms. The number of likely N-dealkylation sites (tertiary alicyclic amines) is 1. The fourth-order valence-corrected chi connectivity index (χ4v) is 2.54. The van der Waals surface area contributed by atoms with E-state index in [1.54, 1.807) is 0 Å². The van der Waals surface area contributed by atoms with Gasteiger partial charge in [0.1, 0.15) is 6.04 Å². The smallest absolute Gasteiger partial charge is 0.322 e. The molecule has 1 saturated heterocycles. The number of nitrogens with one attached hydrogen (secondary N) is 1. The molecule has 1 aliphatic heterocycles. The molecule has 0 amide bonds. The molecule has 0 radical (unpaired) electrons. The zero-order valence-electron chi connectivity index (χ0n) is 11.5. The normalized spacial score (nSPS) is 22.1. The molecule has 0 aromatic rings. The van der Waals surface area contributed by atoms with E-state index in [0.29, 0.717) is 12.0 Å². The van der Waals surface area contributed by atoms with Crippen LogP contribution in [0.4, 0.5) is 0 Å². The summed E-state index contributed by atoms with van der Waals surface area (Å²) in [5.74, 6) is 0.493. The maximum atomic E-state index is 11.3. The second kappa shape index (κ2) is 6.97. The Morgan fingerprint density at radius 2 is 2.00 bits per heavy atom. The van der Waals surface area contributed by atoms with Crippen molar-refractivity contribution in [2.75, 3.05) is 26.7 Å². The molecule has 1 N–H and O–H groups in total. The quantitative estimate of drug-likeness (QED) is 0.737. The molecular weight excluding hydrogens is 216 g/mol. The lowest BCUT2D eigenvalue weighted by Gasteiger charge is -2.35. The van der Waals surface area contributed by atoms with Crippen molar-refractivity contribution < 1.29 is 9.53 Å². The first-order valence-corrected chi connectivity index (χ1v) is 6.64. The van der Waals surface area contributed by atoms with Gasteiger partial charge in [-0.3, -0.25) is 4.79 Å². The van der Waals surface area contributed by atoms with Crippen molar-refractivity contribution in [2.24, 2.45) is 5.92 Å². The third kappa shape index (κ3) is 4.28. The van der Waals surface area contributed by atoms with Crippen LogP contribution in [0.25, 0.3) is 0 Å². The van der Waals surface area contributed by atoms with Gasteiger partial charge in [-0.1, -0.05) is 6.92 Å². The van der Waals surface area contributed by atoms with Crippen LogP contribution < -0.4 is 5.32 Å². The van der Waals surface area contributed by atoms with Gasteiger partial charge >= 0.3 is 5.97 Å². The summed E-state index contributed by atoms with van der Waals surface area (Å²) in [6.07, 6.45) is 2.44. The molecule has 1 fully saturated rings. The molecule has 4 nitrogen and oxygen atoms in total. The van der Waals surface area contributed by atoms with Crippen molar-refractivity contribution in [3.05, 3.63) is 0 Å². The van der Waals surface area contributed by atoms with Crippen LogP contribution in [0, 0.1) is 5.92 Å². The van der Waals surface area contributed by atoms with Crippen molar-refractivity contribution in [1.29, 1.82) is 0 Å². The molecule has 17 heavy (non-hydrogen) atoms. The molecule has 0 saturated carbocycles. The number of hydrogen-bond donors (Lipinski definition) is 1. The molecule has 0 spiro atoms. The van der Waals surface area contributed by atoms with Crippen molar-refractivity contribution in [1.82, 2.24) is 10.2 Å². The maximum absolute atomic E-state index is 11.3. The maximum Gasteiger partial charge on any atom is 0.322 e. The third-order valence-electron chi connectivity index (χ3n) is 3.85. The Balaban J connectivity index is 2.33. The van der Waals surface area contributed by atoms with E-state index in [2.05, 4.69) is 24.1 Å². The highest BCUT2D eigenvalue weighted by molar-refractivity contribution is 5.75. The van der Waals surface area contributed by atoms with Gasteiger partial charge in [0.05, 0.1) is 7.11 Å². The van der Waals surface area contributed by atoms with E-state index in [4.69, 9.17) is 4.74 Å². The van der Waals surface area contributed by atoms with Gasteiger partial charge in [-0.2, -0.15) is 0 Å². The van der Waals surface area contributed by atoms with Crippen molar-refractivity contribution in [3.63, 3.8) is 0 Å². The Kier molecular flexibility index (Phi) is 5.92. The van der Waals surface area contributed by atoms with E-state index in [0.717, 1.165) is 6.54 Å². The number of piperidine rings is 1. The highest BCUT2D eigenvalue weighted by Crippen LogP contribution is 2.20. The van der Waals surface area contributed by atoms with Crippen molar-refractivity contribution in [2.45, 2.75) is 45.7 Å². The number of carbonyl (C=O) groups is 1. The van der Waals surface area contributed by atoms with Gasteiger partial charge in [0, 0.05) is 6.04 Å². The van der Waals surface area contributed by atoms with Crippen LogP contribution >= 0.6 is 0 Å². The number of hydrogen-bond acceptors (Lipinski definition) is 4. The third-order valence-corrected chi connectivity index (χ3v) is 3.85. The van der Waals surface area contributed by atoms with Crippen LogP contribution in [0.3, 0.4) is 0 Å². The Labute approximate surface area is 105 Å². The molecule has 2 atom stereocenters. The van der Waals surface area contributed by atoms with Crippen LogP contribution in [-0.2, 0) is 9.53 Å². The SMILES string of the molecule is CCN1CCC(C(C)NC(C)C(=O)OC)CC1. The number of nitrogens with zero attached hydrogens (tertiary/aromatic N) is 1. The average molecular weight is 242 g/mol. The first-order chi connectivity index (χ1) is 8.08. The molecule has 0 aromatic carbocycles. The minimum atomic E-state index is -0.209. The number of ether oxygens (including phenoxy) is 1. The highest BCUT2D eigenvalue weighted by Gasteiger charge is 2.25. The van der Waals surface area contributed by atoms with Gasteiger partial charge in [-0.05, 0) is 52.2 Å². The summed E-state index contributed by atoms with van der Waals surface area (Å²) in [6.45, 7) is 9.75. The standard InChI is InChI=1S/C13H26N2O2/c1-5-15-8-6-12(7-9-15)10(2)14-11(3)13(16)17-4/h10-12,14H,5-9H2,1-4H3. The monoisotopic (exact) mass is 242 g/mol. The average Bonchev–Trinajstić information content (AvgIpc) is 2.37. The van der Waals surface area contributed by atoms with Crippen LogP contribution in [0.1, 0.15) is 33.6 Å². The lowest BCUT2D eigenvalue weighted by atomic mass is 9.90. The molecule has 0 aliphatic carbocycles. The van der Waals surface area contributed by atoms with Crippen molar-refractivity contribution in [3.8, 4) is 0 Å². The van der Waals surface area contributed by atoms with E-state index < -0.39 is 0 Å². The van der Waals surface area contributed by atoms with E-state index >= 15 is 0 Å². The first-order valence-electron chi connectivity index (χ1n) is 6.64. The van der Waals surface area contributed by atoms with Crippen LogP contribution in [0.15, 0.2) is 0 Å². The van der Waals surface area contributed by atoms with Crippen LogP contribution in [0.2, 0.25) is 0 Å². The van der Waals surface area contributed by atoms with E-state index in [1.165, 1.54) is 33.0 Å². The van der Waals surface area contributed by atoms with Gasteiger partial charge in [0.2, 0.25) is 0 Å². The largest absolute Gasteiger partial charge is 0.468 e. The Morgan fingerprint density at radius 1 is 1.41 bits per heavy atom. The zero-order valence-corrected chi connectivity index (χ0v) is 11.5. The van der Waals surface area contributed by atoms with Gasteiger partial charge in [-0.15, -0.1) is 0 Å². The number of esters is 1. The van der Waals surface area contributed by atoms with Gasteiger partial charge in [-0.25, -0.2) is 0 Å². The predicted molar refractivity (Wildman–Crippen MR) is 68.9 cm³/mol. The Morgan fingerprint density at radius 3 is 2.47 bits per heavy atom. The van der Waals surface area contributed by atoms with E-state index in [9.17, 15) is 4.79 Å². The number of carbonyl (C=O) groups excluding carboxylic acids is 1. The molecule has 0 aromatic heterocycles. The zero-order chi connectivity index (χ0) is 12.8. The minimum Gasteiger partial charge on any atom is -0.468 e. The molecule has 1 rings (SSSR count). The second-order valence-electron chi connectivity index (χ2n) is 4.97. The molecule has 1 heterocycles. The predicted octanol–water partition coefficient (Wildman–Crippen LogP) is 1.26. The molecular formula is C13H26N2O2. The van der Waals surface area contributed by atoms with E-state index in [1.807, 2.05) is 6.92 Å². The number of methoxy groups -OCH3 is 1. The van der Waals surface area contributed by atoms with Crippen molar-refractivity contribution >= 4 is 5.97 Å². The highest BCUT2D eigenvalue weighted by atomic mass is 16.5. The van der Waals surface area contributed by atoms with E-state index in [-0.39, 0.29) is 12.0 Å². The molecule has 4 heteroatoms. The number of rotatable bonds is 5. The minimum absolute atomic E-state index is 0.178. The fourth-order valence-electron chi connectivity index (χ4n) is 2.54. The second-order valence-corrected chi connectivity index (χ2v) is 4.97. The summed E-state index contributed by atoms with van der Waals surface area (Å²) in [5, 5.41) is 3.34. The summed E-state index contributed by atoms with van der Waals surface area (Å²) < 4.78 is 4.73. The summed E-state index contributed by atoms with van der Waals surface area (Å²) in [5.41, 5.74) is 0. The topological polar surface area (TPSA) is 41.6 Å². The van der Waals surface area contributed by atoms with Gasteiger partial charge in [0.25, 0.3) is 0 Å². The molecule has 100 valence electrons. The molecule has 2 unspecified atom stereocenters. The lowest BCUT2D eigenvalue weighted by molar-refractivity contribution is -0.142. The Hall–Kier alpha value is -0.610. The summed E-state index contributed by atoms with van der Waals surface area (Å²) >= 11 is 0. The van der Waals surface area contributed by atoms with Crippen LogP contribution in [0.5, 0.6) is 0 Å². The van der Waals surface area contributed by atoms with Gasteiger partial charge < -0.3 is 15.0 Å². The molecule has 1 aliphatic rings. The van der Waals surface area contributed by atoms with Gasteiger partial charge in [0.15, 0.2) is 0 Å². The summed E-state index contributed by atoms with van der Waals surface area (Å²) in [7, 11) is 1.44. The summed E-state index contributed by atoms with van der Waals surface area (Å²) in [6, 6.07) is 0.169.